The molecule has 0 unspecified atom stereocenters. The fraction of sp³-hybridized carbons (Fsp3) is 0.118. The van der Waals surface area contributed by atoms with Crippen molar-refractivity contribution in [3.05, 3.63) is 41.6 Å². The Morgan fingerprint density at radius 3 is 2.62 bits per heavy atom. The van der Waals surface area contributed by atoms with Crippen LogP contribution < -0.4 is 26.3 Å². The zero-order valence-corrected chi connectivity index (χ0v) is 14.9. The zero-order valence-electron chi connectivity index (χ0n) is 14.2. The van der Waals surface area contributed by atoms with Crippen molar-refractivity contribution < 1.29 is 9.47 Å². The fourth-order valence-corrected chi connectivity index (χ4v) is 2.55. The number of nitrogens with two attached hydrogens (primary N) is 2. The second kappa shape index (κ2) is 7.32. The number of benzene rings is 1. The van der Waals surface area contributed by atoms with Gasteiger partial charge in [0.1, 0.15) is 22.8 Å². The molecule has 134 valence electrons. The van der Waals surface area contributed by atoms with Gasteiger partial charge < -0.3 is 26.3 Å². The molecule has 8 nitrogen and oxygen atoms in total. The van der Waals surface area contributed by atoms with Crippen LogP contribution in [0.3, 0.4) is 0 Å². The summed E-state index contributed by atoms with van der Waals surface area (Å²) in [6.45, 7) is 0. The number of ether oxygens (including phenoxy) is 2. The summed E-state index contributed by atoms with van der Waals surface area (Å²) < 4.78 is 10.6. The third kappa shape index (κ3) is 3.40. The smallest absolute Gasteiger partial charge is 0.237 e. The second-order valence-corrected chi connectivity index (χ2v) is 5.66. The van der Waals surface area contributed by atoms with Gasteiger partial charge >= 0.3 is 0 Å². The first-order valence-electron chi connectivity index (χ1n) is 7.56. The van der Waals surface area contributed by atoms with E-state index in [0.717, 1.165) is 0 Å². The van der Waals surface area contributed by atoms with E-state index < -0.39 is 0 Å². The Morgan fingerprint density at radius 2 is 1.88 bits per heavy atom. The Kier molecular flexibility index (Phi) is 4.94. The van der Waals surface area contributed by atoms with Crippen molar-refractivity contribution in [2.75, 3.05) is 31.0 Å². The van der Waals surface area contributed by atoms with Crippen molar-refractivity contribution in [2.45, 2.75) is 0 Å². The highest BCUT2D eigenvalue weighted by Gasteiger charge is 2.17. The second-order valence-electron chi connectivity index (χ2n) is 5.22. The number of rotatable bonds is 5. The van der Waals surface area contributed by atoms with Crippen LogP contribution in [0.4, 0.5) is 23.1 Å². The Bertz CT molecular complexity index is 951. The van der Waals surface area contributed by atoms with E-state index in [1.807, 2.05) is 0 Å². The van der Waals surface area contributed by atoms with Crippen LogP contribution in [0.2, 0.25) is 5.02 Å². The lowest BCUT2D eigenvalue weighted by Crippen LogP contribution is -2.08. The van der Waals surface area contributed by atoms with Gasteiger partial charge in [-0.25, -0.2) is 9.97 Å². The first-order chi connectivity index (χ1) is 12.5. The predicted molar refractivity (Wildman–Crippen MR) is 102 cm³/mol. The number of pyridine rings is 1. The van der Waals surface area contributed by atoms with Gasteiger partial charge in [-0.1, -0.05) is 11.6 Å². The molecule has 0 amide bonds. The van der Waals surface area contributed by atoms with Gasteiger partial charge in [0.15, 0.2) is 5.82 Å². The first-order valence-corrected chi connectivity index (χ1v) is 7.94. The molecule has 0 saturated heterocycles. The molecule has 0 spiro atoms. The minimum Gasteiger partial charge on any atom is -0.496 e. The highest BCUT2D eigenvalue weighted by atomic mass is 35.5. The Labute approximate surface area is 155 Å². The highest BCUT2D eigenvalue weighted by molar-refractivity contribution is 6.31. The third-order valence-corrected chi connectivity index (χ3v) is 3.84. The summed E-state index contributed by atoms with van der Waals surface area (Å²) in [7, 11) is 3.07. The molecule has 0 aliphatic carbocycles. The van der Waals surface area contributed by atoms with Gasteiger partial charge in [-0.15, -0.1) is 0 Å². The van der Waals surface area contributed by atoms with Gasteiger partial charge in [-0.05, 0) is 30.3 Å². The van der Waals surface area contributed by atoms with E-state index in [-0.39, 0.29) is 17.5 Å². The van der Waals surface area contributed by atoms with Gasteiger partial charge in [0.25, 0.3) is 0 Å². The van der Waals surface area contributed by atoms with Gasteiger partial charge in [0, 0.05) is 16.8 Å². The number of halogens is 1. The average molecular weight is 373 g/mol. The van der Waals surface area contributed by atoms with Crippen LogP contribution in [0, 0.1) is 0 Å². The van der Waals surface area contributed by atoms with Crippen LogP contribution in [-0.4, -0.2) is 29.2 Å². The van der Waals surface area contributed by atoms with Crippen LogP contribution in [0.1, 0.15) is 0 Å². The average Bonchev–Trinajstić information content (AvgIpc) is 2.65. The number of hydrogen-bond donors (Lipinski definition) is 3. The summed E-state index contributed by atoms with van der Waals surface area (Å²) in [5.41, 5.74) is 13.9. The quantitative estimate of drug-likeness (QED) is 0.624. The molecule has 0 saturated carbocycles. The van der Waals surface area contributed by atoms with Crippen molar-refractivity contribution in [2.24, 2.45) is 0 Å². The zero-order chi connectivity index (χ0) is 18.7. The van der Waals surface area contributed by atoms with Gasteiger partial charge in [-0.2, -0.15) is 4.98 Å². The number of hydrogen-bond acceptors (Lipinski definition) is 8. The molecule has 1 aromatic carbocycles. The molecule has 3 rings (SSSR count). The molecule has 2 heterocycles. The standard InChI is InChI=1S/C17H17ClN6O2/c1-25-12-6-5-9(18)8-10(12)14-13(19)15(20)24-17(23-14)22-11-4-3-7-21-16(11)26-2/h3-8H,19H2,1-2H3,(H3,20,22,23,24). The minimum absolute atomic E-state index is 0.127. The largest absolute Gasteiger partial charge is 0.496 e. The molecule has 0 bridgehead atoms. The van der Waals surface area contributed by atoms with Crippen molar-refractivity contribution in [1.82, 2.24) is 15.0 Å². The molecular formula is C17H17ClN6O2. The summed E-state index contributed by atoms with van der Waals surface area (Å²) in [4.78, 5) is 12.8. The monoisotopic (exact) mass is 372 g/mol. The van der Waals surface area contributed by atoms with E-state index in [9.17, 15) is 0 Å². The Morgan fingerprint density at radius 1 is 1.08 bits per heavy atom. The topological polar surface area (TPSA) is 121 Å². The molecule has 0 atom stereocenters. The van der Waals surface area contributed by atoms with Crippen LogP contribution in [-0.2, 0) is 0 Å². The van der Waals surface area contributed by atoms with E-state index >= 15 is 0 Å². The van der Waals surface area contributed by atoms with E-state index in [1.54, 1.807) is 43.6 Å². The summed E-state index contributed by atoms with van der Waals surface area (Å²) in [5.74, 6) is 1.32. The molecule has 2 aromatic heterocycles. The van der Waals surface area contributed by atoms with Gasteiger partial charge in [0.2, 0.25) is 11.8 Å². The van der Waals surface area contributed by atoms with E-state index in [2.05, 4.69) is 20.3 Å². The lowest BCUT2D eigenvalue weighted by molar-refractivity contribution is 0.400. The number of anilines is 4. The van der Waals surface area contributed by atoms with Crippen molar-refractivity contribution in [3.63, 3.8) is 0 Å². The molecule has 0 fully saturated rings. The molecule has 0 radical (unpaired) electrons. The minimum atomic E-state index is 0.127. The number of aromatic nitrogens is 3. The van der Waals surface area contributed by atoms with Crippen LogP contribution in [0.5, 0.6) is 11.6 Å². The normalized spacial score (nSPS) is 10.4. The maximum Gasteiger partial charge on any atom is 0.237 e. The van der Waals surface area contributed by atoms with Crippen LogP contribution in [0.25, 0.3) is 11.3 Å². The van der Waals surface area contributed by atoms with Crippen LogP contribution in [0.15, 0.2) is 36.5 Å². The SMILES string of the molecule is COc1ccc(Cl)cc1-c1nc(Nc2cccnc2OC)nc(N)c1N. The highest BCUT2D eigenvalue weighted by Crippen LogP contribution is 2.37. The number of methoxy groups -OCH3 is 2. The number of nitrogen functional groups attached to an aromatic ring is 2. The van der Waals surface area contributed by atoms with Gasteiger partial charge in [0.05, 0.1) is 14.2 Å². The molecule has 0 aliphatic rings. The first kappa shape index (κ1) is 17.6. The predicted octanol–water partition coefficient (Wildman–Crippen LogP) is 3.12. The lowest BCUT2D eigenvalue weighted by atomic mass is 10.1. The van der Waals surface area contributed by atoms with Crippen molar-refractivity contribution >= 4 is 34.7 Å². The molecule has 0 aliphatic heterocycles. The van der Waals surface area contributed by atoms with Crippen molar-refractivity contribution in [3.8, 4) is 22.9 Å². The molecule has 3 aromatic rings. The van der Waals surface area contributed by atoms with Crippen molar-refractivity contribution in [1.29, 1.82) is 0 Å². The number of nitrogens with one attached hydrogen (secondary N) is 1. The maximum absolute atomic E-state index is 6.11. The summed E-state index contributed by atoms with van der Waals surface area (Å²) in [5, 5.41) is 3.55. The fourth-order valence-electron chi connectivity index (χ4n) is 2.38. The molecule has 9 heteroatoms. The molecule has 26 heavy (non-hydrogen) atoms. The van der Waals surface area contributed by atoms with Gasteiger partial charge in [-0.3, -0.25) is 0 Å². The summed E-state index contributed by atoms with van der Waals surface area (Å²) in [6.07, 6.45) is 1.62. The Hall–Kier alpha value is -3.26. The van der Waals surface area contributed by atoms with E-state index in [0.29, 0.717) is 33.6 Å². The number of nitrogens with zero attached hydrogens (tertiary/aromatic N) is 3. The van der Waals surface area contributed by atoms with E-state index in [4.69, 9.17) is 32.5 Å². The summed E-state index contributed by atoms with van der Waals surface area (Å²) >= 11 is 6.11. The van der Waals surface area contributed by atoms with Crippen LogP contribution >= 0.6 is 11.6 Å². The van der Waals surface area contributed by atoms with E-state index in [1.165, 1.54) is 7.11 Å². The molecular weight excluding hydrogens is 356 g/mol. The maximum atomic E-state index is 6.11. The summed E-state index contributed by atoms with van der Waals surface area (Å²) in [6, 6.07) is 8.68. The lowest BCUT2D eigenvalue weighted by Gasteiger charge is -2.14. The third-order valence-electron chi connectivity index (χ3n) is 3.60. The Balaban J connectivity index is 2.10. The molecule has 5 N–H and O–H groups in total.